The van der Waals surface area contributed by atoms with Crippen LogP contribution in [0.1, 0.15) is 24.2 Å². The van der Waals surface area contributed by atoms with Crippen LogP contribution in [0.2, 0.25) is 0 Å². The maximum atomic E-state index is 12.1. The van der Waals surface area contributed by atoms with Gasteiger partial charge in [0.15, 0.2) is 0 Å². The molecule has 1 atom stereocenters. The summed E-state index contributed by atoms with van der Waals surface area (Å²) in [6, 6.07) is 7.07. The third-order valence-corrected chi connectivity index (χ3v) is 2.90. The van der Waals surface area contributed by atoms with Crippen LogP contribution in [-0.4, -0.2) is 26.0 Å². The number of para-hydroxylation sites is 1. The van der Waals surface area contributed by atoms with E-state index >= 15 is 0 Å². The van der Waals surface area contributed by atoms with Crippen LogP contribution in [0.4, 0.5) is 5.69 Å². The minimum Gasteiger partial charge on any atom is -0.390 e. The van der Waals surface area contributed by atoms with Crippen molar-refractivity contribution in [2.45, 2.75) is 26.5 Å². The van der Waals surface area contributed by atoms with Crippen molar-refractivity contribution in [3.8, 4) is 0 Å². The van der Waals surface area contributed by atoms with Gasteiger partial charge in [-0.15, -0.1) is 5.10 Å². The smallest absolute Gasteiger partial charge is 0.249 e. The fraction of sp³-hybridized carbons (Fsp3) is 0.308. The van der Waals surface area contributed by atoms with Crippen molar-refractivity contribution in [2.24, 2.45) is 0 Å². The van der Waals surface area contributed by atoms with E-state index in [1.165, 1.54) is 4.68 Å². The van der Waals surface area contributed by atoms with Gasteiger partial charge >= 0.3 is 0 Å². The molecule has 1 unspecified atom stereocenters. The molecule has 0 aliphatic carbocycles. The van der Waals surface area contributed by atoms with Crippen molar-refractivity contribution in [1.29, 1.82) is 0 Å². The summed E-state index contributed by atoms with van der Waals surface area (Å²) in [5.74, 6) is -0.177. The van der Waals surface area contributed by atoms with Crippen molar-refractivity contribution in [2.75, 3.05) is 5.32 Å². The van der Waals surface area contributed by atoms with E-state index in [1.54, 1.807) is 13.1 Å². The molecular formula is C13H16N4O2. The Hall–Kier alpha value is -2.21. The molecule has 0 saturated heterocycles. The van der Waals surface area contributed by atoms with Gasteiger partial charge in [0.2, 0.25) is 5.91 Å². The highest BCUT2D eigenvalue weighted by molar-refractivity contribution is 5.94. The van der Waals surface area contributed by atoms with E-state index in [0.717, 1.165) is 11.3 Å². The number of aliphatic hydroxyl groups excluding tert-OH is 1. The third kappa shape index (κ3) is 2.97. The van der Waals surface area contributed by atoms with Crippen molar-refractivity contribution < 1.29 is 9.90 Å². The van der Waals surface area contributed by atoms with Crippen LogP contribution in [0.5, 0.6) is 0 Å². The molecule has 6 heteroatoms. The van der Waals surface area contributed by atoms with Crippen LogP contribution in [0.25, 0.3) is 0 Å². The lowest BCUT2D eigenvalue weighted by Crippen LogP contribution is -2.24. The molecule has 19 heavy (non-hydrogen) atoms. The maximum Gasteiger partial charge on any atom is 0.249 e. The summed E-state index contributed by atoms with van der Waals surface area (Å²) in [6.07, 6.45) is 1.56. The SMILES string of the molecule is Cc1ccccc1NC(=O)C(C)n1cc(CO)nn1. The number of anilines is 1. The average Bonchev–Trinajstić information content (AvgIpc) is 2.89. The first-order valence-corrected chi connectivity index (χ1v) is 6.00. The van der Waals surface area contributed by atoms with Gasteiger partial charge in [0.1, 0.15) is 11.7 Å². The zero-order valence-corrected chi connectivity index (χ0v) is 10.9. The summed E-state index contributed by atoms with van der Waals surface area (Å²) in [4.78, 5) is 12.1. The lowest BCUT2D eigenvalue weighted by atomic mass is 10.2. The number of hydrogen-bond donors (Lipinski definition) is 2. The summed E-state index contributed by atoms with van der Waals surface area (Å²) < 4.78 is 1.43. The lowest BCUT2D eigenvalue weighted by molar-refractivity contribution is -0.119. The van der Waals surface area contributed by atoms with Gasteiger partial charge in [0, 0.05) is 5.69 Å². The average molecular weight is 260 g/mol. The molecule has 0 aliphatic heterocycles. The number of carbonyl (C=O) groups is 1. The van der Waals surface area contributed by atoms with Gasteiger partial charge in [0.05, 0.1) is 12.8 Å². The molecule has 6 nitrogen and oxygen atoms in total. The molecule has 1 aromatic heterocycles. The normalized spacial score (nSPS) is 12.2. The predicted molar refractivity (Wildman–Crippen MR) is 70.5 cm³/mol. The largest absolute Gasteiger partial charge is 0.390 e. The van der Waals surface area contributed by atoms with Crippen molar-refractivity contribution in [3.05, 3.63) is 41.7 Å². The van der Waals surface area contributed by atoms with Crippen LogP contribution in [0.15, 0.2) is 30.5 Å². The first kappa shape index (κ1) is 13.2. The minimum absolute atomic E-state index is 0.177. The number of nitrogens with one attached hydrogen (secondary N) is 1. The van der Waals surface area contributed by atoms with E-state index in [-0.39, 0.29) is 12.5 Å². The Labute approximate surface area is 111 Å². The Kier molecular flexibility index (Phi) is 3.91. The summed E-state index contributed by atoms with van der Waals surface area (Å²) in [7, 11) is 0. The van der Waals surface area contributed by atoms with E-state index in [9.17, 15) is 4.79 Å². The van der Waals surface area contributed by atoms with Gasteiger partial charge in [0.25, 0.3) is 0 Å². The standard InChI is InChI=1S/C13H16N4O2/c1-9-5-3-4-6-12(9)14-13(19)10(2)17-7-11(8-18)15-16-17/h3-7,10,18H,8H2,1-2H3,(H,14,19). The van der Waals surface area contributed by atoms with E-state index in [1.807, 2.05) is 31.2 Å². The molecule has 2 aromatic rings. The highest BCUT2D eigenvalue weighted by atomic mass is 16.3. The highest BCUT2D eigenvalue weighted by Crippen LogP contribution is 2.15. The highest BCUT2D eigenvalue weighted by Gasteiger charge is 2.17. The number of rotatable bonds is 4. The summed E-state index contributed by atoms with van der Waals surface area (Å²) in [5, 5.41) is 19.3. The second-order valence-corrected chi connectivity index (χ2v) is 4.33. The monoisotopic (exact) mass is 260 g/mol. The first-order valence-electron chi connectivity index (χ1n) is 6.00. The number of amides is 1. The Morgan fingerprint density at radius 3 is 2.84 bits per heavy atom. The molecular weight excluding hydrogens is 244 g/mol. The van der Waals surface area contributed by atoms with Crippen LogP contribution in [0, 0.1) is 6.92 Å². The fourth-order valence-corrected chi connectivity index (χ4v) is 1.65. The van der Waals surface area contributed by atoms with E-state index < -0.39 is 6.04 Å². The van der Waals surface area contributed by atoms with Gasteiger partial charge in [-0.05, 0) is 25.5 Å². The Morgan fingerprint density at radius 2 is 2.21 bits per heavy atom. The minimum atomic E-state index is -0.493. The molecule has 2 N–H and O–H groups in total. The predicted octanol–water partition coefficient (Wildman–Crippen LogP) is 1.28. The van der Waals surface area contributed by atoms with Crippen molar-refractivity contribution in [3.63, 3.8) is 0 Å². The molecule has 1 aromatic carbocycles. The fourth-order valence-electron chi connectivity index (χ4n) is 1.65. The van der Waals surface area contributed by atoms with Gasteiger partial charge in [-0.3, -0.25) is 4.79 Å². The molecule has 1 heterocycles. The van der Waals surface area contributed by atoms with E-state index in [4.69, 9.17) is 5.11 Å². The second kappa shape index (κ2) is 5.62. The molecule has 100 valence electrons. The zero-order valence-electron chi connectivity index (χ0n) is 10.9. The van der Waals surface area contributed by atoms with Gasteiger partial charge in [-0.25, -0.2) is 4.68 Å². The molecule has 0 spiro atoms. The maximum absolute atomic E-state index is 12.1. The summed E-state index contributed by atoms with van der Waals surface area (Å²) in [6.45, 7) is 3.47. The molecule has 0 aliphatic rings. The number of hydrogen-bond acceptors (Lipinski definition) is 4. The topological polar surface area (TPSA) is 80.0 Å². The Bertz CT molecular complexity index is 580. The number of carbonyl (C=O) groups excluding carboxylic acids is 1. The van der Waals surface area contributed by atoms with Crippen LogP contribution >= 0.6 is 0 Å². The Balaban J connectivity index is 2.09. The number of benzene rings is 1. The molecule has 0 fully saturated rings. The second-order valence-electron chi connectivity index (χ2n) is 4.33. The third-order valence-electron chi connectivity index (χ3n) is 2.90. The lowest BCUT2D eigenvalue weighted by Gasteiger charge is -2.13. The molecule has 2 rings (SSSR count). The number of aryl methyl sites for hydroxylation is 1. The van der Waals surface area contributed by atoms with Gasteiger partial charge < -0.3 is 10.4 Å². The van der Waals surface area contributed by atoms with E-state index in [0.29, 0.717) is 5.69 Å². The summed E-state index contributed by atoms with van der Waals surface area (Å²) in [5.41, 5.74) is 2.22. The number of aromatic nitrogens is 3. The molecule has 0 radical (unpaired) electrons. The van der Waals surface area contributed by atoms with Crippen molar-refractivity contribution >= 4 is 11.6 Å². The van der Waals surface area contributed by atoms with Crippen LogP contribution < -0.4 is 5.32 Å². The van der Waals surface area contributed by atoms with Gasteiger partial charge in [-0.1, -0.05) is 23.4 Å². The first-order chi connectivity index (χ1) is 9.11. The Morgan fingerprint density at radius 1 is 1.47 bits per heavy atom. The molecule has 1 amide bonds. The van der Waals surface area contributed by atoms with Crippen LogP contribution in [0.3, 0.4) is 0 Å². The van der Waals surface area contributed by atoms with Crippen molar-refractivity contribution in [1.82, 2.24) is 15.0 Å². The zero-order chi connectivity index (χ0) is 13.8. The quantitative estimate of drug-likeness (QED) is 0.867. The molecule has 0 saturated carbocycles. The number of nitrogens with zero attached hydrogens (tertiary/aromatic N) is 3. The summed E-state index contributed by atoms with van der Waals surface area (Å²) >= 11 is 0. The van der Waals surface area contributed by atoms with Crippen LogP contribution in [-0.2, 0) is 11.4 Å². The number of aliphatic hydroxyl groups is 1. The van der Waals surface area contributed by atoms with E-state index in [2.05, 4.69) is 15.6 Å². The van der Waals surface area contributed by atoms with Gasteiger partial charge in [-0.2, -0.15) is 0 Å². The molecule has 0 bridgehead atoms.